The number of benzene rings is 1. The summed E-state index contributed by atoms with van der Waals surface area (Å²) in [6.45, 7) is 0.590. The molecule has 1 unspecified atom stereocenters. The number of carbonyl (C=O) groups excluding carboxylic acids is 2. The van der Waals surface area contributed by atoms with Crippen LogP contribution in [0.4, 0.5) is 9.59 Å². The summed E-state index contributed by atoms with van der Waals surface area (Å²) in [7, 11) is 0. The van der Waals surface area contributed by atoms with E-state index in [2.05, 4.69) is 10.6 Å². The minimum Gasteiger partial charge on any atom is -0.479 e. The van der Waals surface area contributed by atoms with E-state index in [1.807, 2.05) is 24.3 Å². The maximum atomic E-state index is 12.1. The molecule has 3 N–H and O–H groups in total. The first kappa shape index (κ1) is 14.3. The summed E-state index contributed by atoms with van der Waals surface area (Å²) in [5.41, 5.74) is 0.515. The van der Waals surface area contributed by atoms with Crippen molar-refractivity contribution in [3.8, 4) is 0 Å². The molecule has 8 heteroatoms. The van der Waals surface area contributed by atoms with E-state index in [1.54, 1.807) is 5.38 Å². The van der Waals surface area contributed by atoms with Gasteiger partial charge in [0.15, 0.2) is 6.04 Å². The molecular weight excluding hydrogens is 306 g/mol. The number of hydrogen-bond donors (Lipinski definition) is 3. The van der Waals surface area contributed by atoms with Gasteiger partial charge in [-0.3, -0.25) is 0 Å². The molecule has 1 atom stereocenters. The lowest BCUT2D eigenvalue weighted by Gasteiger charge is -2.18. The summed E-state index contributed by atoms with van der Waals surface area (Å²) in [6.07, 6.45) is 0. The first-order chi connectivity index (χ1) is 10.6. The van der Waals surface area contributed by atoms with Gasteiger partial charge in [-0.2, -0.15) is 0 Å². The monoisotopic (exact) mass is 319 g/mol. The SMILES string of the molecule is O=C(O)C(NC(=O)N1CCNC1=O)c1csc2ccccc12. The van der Waals surface area contributed by atoms with Crippen molar-refractivity contribution in [2.75, 3.05) is 13.1 Å². The molecule has 4 amide bonds. The molecule has 3 rings (SSSR count). The van der Waals surface area contributed by atoms with Gasteiger partial charge in [-0.05, 0) is 16.8 Å². The van der Waals surface area contributed by atoms with Crippen LogP contribution >= 0.6 is 11.3 Å². The number of carbonyl (C=O) groups is 3. The first-order valence-corrected chi connectivity index (χ1v) is 7.50. The quantitative estimate of drug-likeness (QED) is 0.803. The molecule has 0 spiro atoms. The Labute approximate surface area is 129 Å². The summed E-state index contributed by atoms with van der Waals surface area (Å²) in [4.78, 5) is 36.1. The highest BCUT2D eigenvalue weighted by molar-refractivity contribution is 7.17. The van der Waals surface area contributed by atoms with Crippen LogP contribution in [-0.4, -0.2) is 41.1 Å². The molecular formula is C14H13N3O4S. The lowest BCUT2D eigenvalue weighted by Crippen LogP contribution is -2.45. The number of hydrogen-bond acceptors (Lipinski definition) is 4. The van der Waals surface area contributed by atoms with E-state index in [1.165, 1.54) is 11.3 Å². The molecule has 2 aromatic rings. The van der Waals surface area contributed by atoms with Gasteiger partial charge in [0.2, 0.25) is 0 Å². The molecule has 1 aromatic heterocycles. The second kappa shape index (κ2) is 5.64. The van der Waals surface area contributed by atoms with Gasteiger partial charge < -0.3 is 15.7 Å². The number of carboxylic acids is 1. The van der Waals surface area contributed by atoms with Crippen LogP contribution in [0.25, 0.3) is 10.1 Å². The Morgan fingerprint density at radius 1 is 1.36 bits per heavy atom. The molecule has 1 fully saturated rings. The summed E-state index contributed by atoms with van der Waals surface area (Å²) < 4.78 is 0.942. The van der Waals surface area contributed by atoms with Crippen LogP contribution in [0.1, 0.15) is 11.6 Å². The van der Waals surface area contributed by atoms with Crippen molar-refractivity contribution in [3.63, 3.8) is 0 Å². The predicted octanol–water partition coefficient (Wildman–Crippen LogP) is 1.76. The number of carboxylic acid groups (broad SMARTS) is 1. The van der Waals surface area contributed by atoms with E-state index < -0.39 is 24.1 Å². The van der Waals surface area contributed by atoms with E-state index in [4.69, 9.17) is 0 Å². The van der Waals surface area contributed by atoms with Gasteiger partial charge in [0.05, 0.1) is 0 Å². The topological polar surface area (TPSA) is 98.7 Å². The highest BCUT2D eigenvalue weighted by atomic mass is 32.1. The largest absolute Gasteiger partial charge is 0.479 e. The van der Waals surface area contributed by atoms with Crippen LogP contribution in [0.15, 0.2) is 29.6 Å². The zero-order valence-corrected chi connectivity index (χ0v) is 12.2. The number of aliphatic carboxylic acids is 1. The van der Waals surface area contributed by atoms with E-state index >= 15 is 0 Å². The zero-order chi connectivity index (χ0) is 15.7. The van der Waals surface area contributed by atoms with Crippen LogP contribution in [0.3, 0.4) is 0 Å². The van der Waals surface area contributed by atoms with Crippen molar-refractivity contribution >= 4 is 39.5 Å². The van der Waals surface area contributed by atoms with Gasteiger partial charge in [-0.1, -0.05) is 18.2 Å². The average Bonchev–Trinajstić information content (AvgIpc) is 3.10. The third-order valence-corrected chi connectivity index (χ3v) is 4.42. The number of urea groups is 2. The van der Waals surface area contributed by atoms with Crippen molar-refractivity contribution in [1.82, 2.24) is 15.5 Å². The molecule has 1 aliphatic heterocycles. The molecule has 1 saturated heterocycles. The number of fused-ring (bicyclic) bond motifs is 1. The molecule has 0 radical (unpaired) electrons. The molecule has 1 aliphatic rings. The number of thiophene rings is 1. The van der Waals surface area contributed by atoms with Crippen LogP contribution < -0.4 is 10.6 Å². The maximum Gasteiger partial charge on any atom is 0.331 e. The number of nitrogens with zero attached hydrogens (tertiary/aromatic N) is 1. The van der Waals surface area contributed by atoms with E-state index in [-0.39, 0.29) is 6.54 Å². The van der Waals surface area contributed by atoms with Gasteiger partial charge in [0.1, 0.15) is 0 Å². The minimum atomic E-state index is -1.20. The first-order valence-electron chi connectivity index (χ1n) is 6.62. The summed E-state index contributed by atoms with van der Waals surface area (Å²) in [5.74, 6) is -1.17. The molecule has 7 nitrogen and oxygen atoms in total. The van der Waals surface area contributed by atoms with Crippen molar-refractivity contribution in [2.45, 2.75) is 6.04 Å². The fraction of sp³-hybridized carbons (Fsp3) is 0.214. The Morgan fingerprint density at radius 2 is 2.14 bits per heavy atom. The van der Waals surface area contributed by atoms with Crippen LogP contribution in [0.2, 0.25) is 0 Å². The standard InChI is InChI=1S/C14H13N3O4S/c18-12(19)11(16-14(21)17-6-5-15-13(17)20)9-7-22-10-4-2-1-3-8(9)10/h1-4,7,11H,5-6H2,(H,15,20)(H,16,21)(H,18,19). The molecule has 0 saturated carbocycles. The van der Waals surface area contributed by atoms with Crippen LogP contribution in [0.5, 0.6) is 0 Å². The Kier molecular flexibility index (Phi) is 3.68. The van der Waals surface area contributed by atoms with Crippen molar-refractivity contribution in [1.29, 1.82) is 0 Å². The lowest BCUT2D eigenvalue weighted by molar-refractivity contribution is -0.139. The normalized spacial score (nSPS) is 15.6. The zero-order valence-electron chi connectivity index (χ0n) is 11.4. The average molecular weight is 319 g/mol. The van der Waals surface area contributed by atoms with Gasteiger partial charge in [0, 0.05) is 23.4 Å². The summed E-state index contributed by atoms with van der Waals surface area (Å²) in [6, 6.07) is 4.95. The fourth-order valence-electron chi connectivity index (χ4n) is 2.36. The van der Waals surface area contributed by atoms with Crippen molar-refractivity contribution in [2.24, 2.45) is 0 Å². The predicted molar refractivity (Wildman–Crippen MR) is 80.8 cm³/mol. The number of amides is 4. The number of imide groups is 1. The highest BCUT2D eigenvalue weighted by Crippen LogP contribution is 2.30. The summed E-state index contributed by atoms with van der Waals surface area (Å²) >= 11 is 1.41. The molecule has 2 heterocycles. The maximum absolute atomic E-state index is 12.1. The van der Waals surface area contributed by atoms with Gasteiger partial charge in [-0.25, -0.2) is 19.3 Å². The van der Waals surface area contributed by atoms with Crippen LogP contribution in [-0.2, 0) is 4.79 Å². The smallest absolute Gasteiger partial charge is 0.331 e. The van der Waals surface area contributed by atoms with Gasteiger partial charge in [0.25, 0.3) is 0 Å². The Hall–Kier alpha value is -2.61. The highest BCUT2D eigenvalue weighted by Gasteiger charge is 2.31. The van der Waals surface area contributed by atoms with Crippen molar-refractivity contribution in [3.05, 3.63) is 35.2 Å². The Morgan fingerprint density at radius 3 is 2.82 bits per heavy atom. The van der Waals surface area contributed by atoms with E-state index in [9.17, 15) is 19.5 Å². The van der Waals surface area contributed by atoms with Gasteiger partial charge >= 0.3 is 18.0 Å². The Bertz CT molecular complexity index is 757. The molecule has 0 aliphatic carbocycles. The minimum absolute atomic E-state index is 0.224. The second-order valence-electron chi connectivity index (χ2n) is 4.79. The van der Waals surface area contributed by atoms with E-state index in [0.717, 1.165) is 15.0 Å². The molecule has 22 heavy (non-hydrogen) atoms. The molecule has 114 valence electrons. The molecule has 0 bridgehead atoms. The third kappa shape index (κ3) is 2.48. The lowest BCUT2D eigenvalue weighted by atomic mass is 10.1. The third-order valence-electron chi connectivity index (χ3n) is 3.44. The van der Waals surface area contributed by atoms with Gasteiger partial charge in [-0.15, -0.1) is 11.3 Å². The molecule has 1 aromatic carbocycles. The second-order valence-corrected chi connectivity index (χ2v) is 5.70. The van der Waals surface area contributed by atoms with Crippen molar-refractivity contribution < 1.29 is 19.5 Å². The fourth-order valence-corrected chi connectivity index (χ4v) is 3.35. The van der Waals surface area contributed by atoms with E-state index in [0.29, 0.717) is 12.1 Å². The summed E-state index contributed by atoms with van der Waals surface area (Å²) in [5, 5.41) is 16.8. The van der Waals surface area contributed by atoms with Crippen LogP contribution in [0, 0.1) is 0 Å². The number of rotatable bonds is 3. The Balaban J connectivity index is 1.89. The number of nitrogens with one attached hydrogen (secondary N) is 2.